The maximum Gasteiger partial charge on any atom is 0.309 e. The van der Waals surface area contributed by atoms with Gasteiger partial charge in [-0.3, -0.25) is 4.79 Å². The number of hydrogen-bond donors (Lipinski definition) is 1. The summed E-state index contributed by atoms with van der Waals surface area (Å²) in [6.45, 7) is 3.46. The fourth-order valence-corrected chi connectivity index (χ4v) is 2.06. The monoisotopic (exact) mass is 259 g/mol. The maximum atomic E-state index is 11.2. The number of aromatic nitrogens is 1. The van der Waals surface area contributed by atoms with Crippen LogP contribution in [0.1, 0.15) is 19.4 Å². The first kappa shape index (κ1) is 13.3. The first-order valence-corrected chi connectivity index (χ1v) is 6.09. The van der Waals surface area contributed by atoms with Gasteiger partial charge in [-0.15, -0.1) is 0 Å². The van der Waals surface area contributed by atoms with E-state index in [0.717, 1.165) is 16.3 Å². The molecule has 0 spiro atoms. The first-order valence-electron chi connectivity index (χ1n) is 6.09. The number of methoxy groups -OCH3 is 1. The van der Waals surface area contributed by atoms with Gasteiger partial charge in [-0.2, -0.15) is 0 Å². The molecule has 100 valence electrons. The van der Waals surface area contributed by atoms with Crippen molar-refractivity contribution in [2.75, 3.05) is 7.11 Å². The number of fused-ring (bicyclic) bond motifs is 1. The molecule has 1 aromatic carbocycles. The van der Waals surface area contributed by atoms with E-state index in [1.165, 1.54) is 0 Å². The molecule has 0 aliphatic rings. The third kappa shape index (κ3) is 2.67. The van der Waals surface area contributed by atoms with Crippen molar-refractivity contribution in [2.24, 2.45) is 5.41 Å². The predicted molar refractivity (Wildman–Crippen MR) is 73.4 cm³/mol. The quantitative estimate of drug-likeness (QED) is 0.917. The molecule has 1 heterocycles. The van der Waals surface area contributed by atoms with Crippen LogP contribution in [0.25, 0.3) is 10.8 Å². The van der Waals surface area contributed by atoms with Crippen molar-refractivity contribution in [1.29, 1.82) is 0 Å². The van der Waals surface area contributed by atoms with Gasteiger partial charge in [0.25, 0.3) is 0 Å². The number of ether oxygens (including phenoxy) is 1. The molecule has 19 heavy (non-hydrogen) atoms. The highest BCUT2D eigenvalue weighted by molar-refractivity contribution is 5.87. The lowest BCUT2D eigenvalue weighted by molar-refractivity contribution is -0.146. The molecule has 0 saturated heterocycles. The van der Waals surface area contributed by atoms with Gasteiger partial charge in [-0.25, -0.2) is 4.98 Å². The van der Waals surface area contributed by atoms with Gasteiger partial charge in [0, 0.05) is 11.6 Å². The van der Waals surface area contributed by atoms with E-state index in [9.17, 15) is 4.79 Å². The summed E-state index contributed by atoms with van der Waals surface area (Å²) in [6.07, 6.45) is 2.18. The first-order chi connectivity index (χ1) is 8.94. The summed E-state index contributed by atoms with van der Waals surface area (Å²) in [5, 5.41) is 11.1. The largest absolute Gasteiger partial charge is 0.481 e. The minimum absolute atomic E-state index is 0.489. The van der Waals surface area contributed by atoms with Crippen molar-refractivity contribution in [3.8, 4) is 5.88 Å². The van der Waals surface area contributed by atoms with Crippen molar-refractivity contribution < 1.29 is 14.6 Å². The van der Waals surface area contributed by atoms with E-state index < -0.39 is 11.4 Å². The third-order valence-electron chi connectivity index (χ3n) is 3.21. The minimum Gasteiger partial charge on any atom is -0.481 e. The zero-order valence-corrected chi connectivity index (χ0v) is 11.3. The number of benzene rings is 1. The van der Waals surface area contributed by atoms with Crippen LogP contribution in [0.4, 0.5) is 0 Å². The fraction of sp³-hybridized carbons (Fsp3) is 0.333. The smallest absolute Gasteiger partial charge is 0.309 e. The molecule has 1 aromatic heterocycles. The van der Waals surface area contributed by atoms with Crippen molar-refractivity contribution >= 4 is 16.7 Å². The van der Waals surface area contributed by atoms with Gasteiger partial charge in [-0.1, -0.05) is 12.1 Å². The van der Waals surface area contributed by atoms with Crippen LogP contribution >= 0.6 is 0 Å². The Bertz CT molecular complexity index is 620. The van der Waals surface area contributed by atoms with Crippen molar-refractivity contribution in [3.05, 3.63) is 36.0 Å². The number of hydrogen-bond acceptors (Lipinski definition) is 3. The lowest BCUT2D eigenvalue weighted by Gasteiger charge is -2.19. The van der Waals surface area contributed by atoms with Gasteiger partial charge < -0.3 is 9.84 Å². The zero-order valence-electron chi connectivity index (χ0n) is 11.3. The molecule has 0 atom stereocenters. The van der Waals surface area contributed by atoms with Crippen LogP contribution in [0.3, 0.4) is 0 Å². The number of aliphatic carboxylic acids is 1. The summed E-state index contributed by atoms with van der Waals surface area (Å²) in [5.74, 6) is -0.207. The van der Waals surface area contributed by atoms with E-state index in [-0.39, 0.29) is 0 Å². The average molecular weight is 259 g/mol. The molecule has 0 bridgehead atoms. The molecule has 4 heteroatoms. The van der Waals surface area contributed by atoms with Crippen LogP contribution in [0.5, 0.6) is 5.88 Å². The van der Waals surface area contributed by atoms with Crippen LogP contribution in [-0.4, -0.2) is 23.2 Å². The summed E-state index contributed by atoms with van der Waals surface area (Å²) < 4.78 is 5.20. The molecule has 2 rings (SSSR count). The number of pyridine rings is 1. The Kier molecular flexibility index (Phi) is 3.42. The van der Waals surface area contributed by atoms with Crippen molar-refractivity contribution in [3.63, 3.8) is 0 Å². The summed E-state index contributed by atoms with van der Waals surface area (Å²) in [7, 11) is 1.59. The van der Waals surface area contributed by atoms with Gasteiger partial charge in [0.05, 0.1) is 12.5 Å². The fourth-order valence-electron chi connectivity index (χ4n) is 2.06. The Morgan fingerprint density at radius 2 is 2.11 bits per heavy atom. The molecular formula is C15H17NO3. The Balaban J connectivity index is 2.40. The van der Waals surface area contributed by atoms with E-state index >= 15 is 0 Å². The molecule has 2 aromatic rings. The van der Waals surface area contributed by atoms with E-state index in [4.69, 9.17) is 9.84 Å². The number of rotatable bonds is 4. The summed E-state index contributed by atoms with van der Waals surface area (Å²) in [5.41, 5.74) is 0.221. The van der Waals surface area contributed by atoms with Gasteiger partial charge in [0.15, 0.2) is 0 Å². The Hall–Kier alpha value is -2.10. The lowest BCUT2D eigenvalue weighted by Crippen LogP contribution is -2.26. The average Bonchev–Trinajstić information content (AvgIpc) is 2.37. The number of nitrogens with zero attached hydrogens (tertiary/aromatic N) is 1. The highest BCUT2D eigenvalue weighted by Gasteiger charge is 2.27. The van der Waals surface area contributed by atoms with E-state index in [1.54, 1.807) is 27.2 Å². The number of carboxylic acids is 1. The van der Waals surface area contributed by atoms with Crippen LogP contribution in [0, 0.1) is 5.41 Å². The second-order valence-corrected chi connectivity index (χ2v) is 5.24. The highest BCUT2D eigenvalue weighted by atomic mass is 16.5. The second kappa shape index (κ2) is 4.88. The van der Waals surface area contributed by atoms with Crippen LogP contribution in [0.15, 0.2) is 30.5 Å². The van der Waals surface area contributed by atoms with Gasteiger partial charge in [0.1, 0.15) is 0 Å². The molecule has 0 fully saturated rings. The van der Waals surface area contributed by atoms with E-state index in [0.29, 0.717) is 12.3 Å². The molecule has 0 unspecified atom stereocenters. The number of carbonyl (C=O) groups is 1. The van der Waals surface area contributed by atoms with Crippen molar-refractivity contribution in [2.45, 2.75) is 20.3 Å². The second-order valence-electron chi connectivity index (χ2n) is 5.24. The molecule has 0 amide bonds. The molecule has 0 radical (unpaired) electrons. The van der Waals surface area contributed by atoms with E-state index in [1.807, 2.05) is 24.3 Å². The molecule has 0 aliphatic carbocycles. The molecule has 0 saturated carbocycles. The lowest BCUT2D eigenvalue weighted by atomic mass is 9.85. The third-order valence-corrected chi connectivity index (χ3v) is 3.21. The van der Waals surface area contributed by atoms with E-state index in [2.05, 4.69) is 4.98 Å². The Morgan fingerprint density at radius 3 is 2.74 bits per heavy atom. The Morgan fingerprint density at radius 1 is 1.37 bits per heavy atom. The SMILES string of the molecule is COc1nccc2cc(CC(C)(C)C(=O)O)ccc12. The molecule has 1 N–H and O–H groups in total. The number of carboxylic acid groups (broad SMARTS) is 1. The predicted octanol–water partition coefficient (Wildman–Crippen LogP) is 2.90. The molecule has 0 aliphatic heterocycles. The minimum atomic E-state index is -0.792. The summed E-state index contributed by atoms with van der Waals surface area (Å²) in [6, 6.07) is 7.74. The Labute approximate surface area is 112 Å². The normalized spacial score (nSPS) is 11.5. The van der Waals surface area contributed by atoms with Gasteiger partial charge in [-0.05, 0) is 43.4 Å². The van der Waals surface area contributed by atoms with Gasteiger partial charge >= 0.3 is 5.97 Å². The zero-order chi connectivity index (χ0) is 14.0. The highest BCUT2D eigenvalue weighted by Crippen LogP contribution is 2.27. The molecular weight excluding hydrogens is 242 g/mol. The standard InChI is InChI=1S/C15H17NO3/c1-15(2,14(17)18)9-10-4-5-12-11(8-10)6-7-16-13(12)19-3/h4-8H,9H2,1-3H3,(H,17,18). The topological polar surface area (TPSA) is 59.4 Å². The van der Waals surface area contributed by atoms with Crippen LogP contribution in [0.2, 0.25) is 0 Å². The maximum absolute atomic E-state index is 11.2. The van der Waals surface area contributed by atoms with Crippen LogP contribution in [-0.2, 0) is 11.2 Å². The summed E-state index contributed by atoms with van der Waals surface area (Å²) in [4.78, 5) is 15.3. The summed E-state index contributed by atoms with van der Waals surface area (Å²) >= 11 is 0. The van der Waals surface area contributed by atoms with Gasteiger partial charge in [0.2, 0.25) is 5.88 Å². The molecule has 4 nitrogen and oxygen atoms in total. The van der Waals surface area contributed by atoms with Crippen molar-refractivity contribution in [1.82, 2.24) is 4.98 Å². The van der Waals surface area contributed by atoms with Crippen LogP contribution < -0.4 is 4.74 Å².